The van der Waals surface area contributed by atoms with Gasteiger partial charge >= 0.3 is 5.97 Å². The van der Waals surface area contributed by atoms with Gasteiger partial charge in [0, 0.05) is 31.5 Å². The summed E-state index contributed by atoms with van der Waals surface area (Å²) in [7, 11) is 2.10. The van der Waals surface area contributed by atoms with Gasteiger partial charge in [0.2, 0.25) is 5.76 Å². The number of carbonyl (C=O) groups excluding carboxylic acids is 1. The Morgan fingerprint density at radius 1 is 1.31 bits per heavy atom. The second kappa shape index (κ2) is 7.00. The molecule has 1 aliphatic rings. The van der Waals surface area contributed by atoms with Gasteiger partial charge in [0.15, 0.2) is 0 Å². The molecule has 1 aliphatic heterocycles. The normalized spacial score (nSPS) is 19.9. The third-order valence-electron chi connectivity index (χ3n) is 5.39. The van der Waals surface area contributed by atoms with Crippen molar-refractivity contribution in [2.75, 3.05) is 13.2 Å². The minimum Gasteiger partial charge on any atom is -0.460 e. The molecule has 0 amide bonds. The zero-order chi connectivity index (χ0) is 18.1. The summed E-state index contributed by atoms with van der Waals surface area (Å²) in [5.74, 6) is -0.00852. The zero-order valence-electron chi connectivity index (χ0n) is 15.3. The third kappa shape index (κ3) is 2.92. The van der Waals surface area contributed by atoms with E-state index in [-0.39, 0.29) is 5.97 Å². The molecule has 0 spiro atoms. The summed E-state index contributed by atoms with van der Waals surface area (Å²) in [6.07, 6.45) is 4.45. The van der Waals surface area contributed by atoms with Crippen molar-refractivity contribution in [1.82, 2.24) is 4.57 Å². The van der Waals surface area contributed by atoms with Crippen LogP contribution in [0.5, 0.6) is 0 Å². The van der Waals surface area contributed by atoms with E-state index in [2.05, 4.69) is 29.9 Å². The molecule has 2 atom stereocenters. The monoisotopic (exact) mass is 353 g/mol. The van der Waals surface area contributed by atoms with E-state index in [1.54, 1.807) is 0 Å². The van der Waals surface area contributed by atoms with Crippen molar-refractivity contribution in [3.05, 3.63) is 59.6 Å². The predicted molar refractivity (Wildman–Crippen MR) is 99.1 cm³/mol. The van der Waals surface area contributed by atoms with Crippen LogP contribution in [0.1, 0.15) is 47.6 Å². The first-order valence-corrected chi connectivity index (χ1v) is 9.32. The van der Waals surface area contributed by atoms with Crippen molar-refractivity contribution in [1.29, 1.82) is 0 Å². The van der Waals surface area contributed by atoms with E-state index in [0.717, 1.165) is 36.0 Å². The van der Waals surface area contributed by atoms with Crippen LogP contribution in [0.15, 0.2) is 47.0 Å². The molecule has 1 aromatic carbocycles. The van der Waals surface area contributed by atoms with Crippen LogP contribution in [0, 0.1) is 0 Å². The number of hydrogen-bond donors (Lipinski definition) is 1. The first-order valence-electron chi connectivity index (χ1n) is 9.32. The quantitative estimate of drug-likeness (QED) is 0.718. The predicted octanol–water partition coefficient (Wildman–Crippen LogP) is 2.87. The highest BCUT2D eigenvalue weighted by atomic mass is 16.5. The molecule has 26 heavy (non-hydrogen) atoms. The summed E-state index contributed by atoms with van der Waals surface area (Å²) in [4.78, 5) is 13.9. The zero-order valence-corrected chi connectivity index (χ0v) is 15.3. The molecular formula is C21H25N2O3+. The second-order valence-electron chi connectivity index (χ2n) is 6.95. The van der Waals surface area contributed by atoms with Crippen LogP contribution in [0.2, 0.25) is 0 Å². The molecular weight excluding hydrogens is 328 g/mol. The van der Waals surface area contributed by atoms with Crippen molar-refractivity contribution in [3.63, 3.8) is 0 Å². The summed E-state index contributed by atoms with van der Waals surface area (Å²) in [6.45, 7) is 4.02. The van der Waals surface area contributed by atoms with Gasteiger partial charge in [-0.2, -0.15) is 0 Å². The number of quaternary nitrogens is 1. The fraction of sp³-hybridized carbons (Fsp3) is 0.381. The highest BCUT2D eigenvalue weighted by molar-refractivity contribution is 5.96. The van der Waals surface area contributed by atoms with E-state index in [1.165, 1.54) is 17.0 Å². The van der Waals surface area contributed by atoms with Gasteiger partial charge in [-0.25, -0.2) is 4.79 Å². The van der Waals surface area contributed by atoms with Gasteiger partial charge in [0.05, 0.1) is 24.4 Å². The van der Waals surface area contributed by atoms with Gasteiger partial charge in [0.1, 0.15) is 18.2 Å². The average molecular weight is 353 g/mol. The second-order valence-corrected chi connectivity index (χ2v) is 6.95. The van der Waals surface area contributed by atoms with Crippen LogP contribution >= 0.6 is 0 Å². The van der Waals surface area contributed by atoms with Crippen LogP contribution in [-0.2, 0) is 18.3 Å². The number of ether oxygens (including phenoxy) is 1. The van der Waals surface area contributed by atoms with Gasteiger partial charge in [-0.1, -0.05) is 18.2 Å². The van der Waals surface area contributed by atoms with E-state index in [9.17, 15) is 4.79 Å². The van der Waals surface area contributed by atoms with E-state index >= 15 is 0 Å². The number of nitrogens with one attached hydrogen (secondary N) is 1. The summed E-state index contributed by atoms with van der Waals surface area (Å²) in [5, 5.41) is 1.01. The topological polar surface area (TPSA) is 48.8 Å². The van der Waals surface area contributed by atoms with Crippen molar-refractivity contribution in [2.24, 2.45) is 7.05 Å². The van der Waals surface area contributed by atoms with Crippen molar-refractivity contribution < 1.29 is 18.8 Å². The lowest BCUT2D eigenvalue weighted by molar-refractivity contribution is -0.932. The van der Waals surface area contributed by atoms with Crippen molar-refractivity contribution in [3.8, 4) is 0 Å². The van der Waals surface area contributed by atoms with Crippen LogP contribution in [0.3, 0.4) is 0 Å². The Bertz CT molecular complexity index is 924. The molecule has 136 valence electrons. The van der Waals surface area contributed by atoms with E-state index < -0.39 is 0 Å². The summed E-state index contributed by atoms with van der Waals surface area (Å²) in [6, 6.07) is 12.6. The number of para-hydroxylation sites is 1. The molecule has 1 N–H and O–H groups in total. The Morgan fingerprint density at radius 3 is 2.92 bits per heavy atom. The minimum absolute atomic E-state index is 0.345. The molecule has 3 heterocycles. The Kier molecular flexibility index (Phi) is 4.55. The molecule has 1 fully saturated rings. The largest absolute Gasteiger partial charge is 0.460 e. The summed E-state index contributed by atoms with van der Waals surface area (Å²) >= 11 is 0. The standard InChI is InChI=1S/C21H24N2O3/c1-3-25-21(24)20-16(15-8-4-5-11-19(15)26-20)14-23-13-7-10-18(23)17-9-6-12-22(17)2/h4-6,8-9,11-12,18H,3,7,10,13-14H2,1-2H3/p+1/t18-/m1/s1. The molecule has 0 bridgehead atoms. The van der Waals surface area contributed by atoms with Crippen molar-refractivity contribution in [2.45, 2.75) is 32.4 Å². The molecule has 5 heteroatoms. The Morgan fingerprint density at radius 2 is 2.15 bits per heavy atom. The number of carbonyl (C=O) groups is 1. The summed E-state index contributed by atoms with van der Waals surface area (Å²) < 4.78 is 13.3. The fourth-order valence-corrected chi connectivity index (χ4v) is 4.18. The molecule has 2 aromatic heterocycles. The molecule has 3 aromatic rings. The number of aryl methyl sites for hydroxylation is 1. The lowest BCUT2D eigenvalue weighted by Gasteiger charge is -2.22. The number of rotatable bonds is 5. The van der Waals surface area contributed by atoms with Crippen LogP contribution in [0.25, 0.3) is 11.0 Å². The SMILES string of the molecule is CCOC(=O)c1oc2ccccc2c1C[NH+]1CCC[C@@H]1c1cccn1C. The number of aromatic nitrogens is 1. The first-order chi connectivity index (χ1) is 12.7. The molecule has 4 rings (SSSR count). The number of hydrogen-bond acceptors (Lipinski definition) is 3. The maximum atomic E-state index is 12.4. The van der Waals surface area contributed by atoms with Gasteiger partial charge in [0.25, 0.3) is 0 Å². The van der Waals surface area contributed by atoms with Crippen LogP contribution in [-0.4, -0.2) is 23.7 Å². The molecule has 0 saturated carbocycles. The Hall–Kier alpha value is -2.53. The highest BCUT2D eigenvalue weighted by Crippen LogP contribution is 2.27. The number of benzene rings is 1. The number of nitrogens with zero attached hydrogens (tertiary/aromatic N) is 1. The number of fused-ring (bicyclic) bond motifs is 1. The lowest BCUT2D eigenvalue weighted by Crippen LogP contribution is -3.09. The summed E-state index contributed by atoms with van der Waals surface area (Å²) in [5.41, 5.74) is 3.07. The molecule has 1 unspecified atom stereocenters. The number of likely N-dealkylation sites (tertiary alicyclic amines) is 1. The molecule has 1 saturated heterocycles. The fourth-order valence-electron chi connectivity index (χ4n) is 4.18. The van der Waals surface area contributed by atoms with Crippen LogP contribution in [0.4, 0.5) is 0 Å². The lowest BCUT2D eigenvalue weighted by atomic mass is 10.1. The number of esters is 1. The van der Waals surface area contributed by atoms with Gasteiger partial charge in [-0.05, 0) is 25.1 Å². The van der Waals surface area contributed by atoms with E-state index in [0.29, 0.717) is 18.4 Å². The Labute approximate surface area is 153 Å². The molecule has 0 radical (unpaired) electrons. The third-order valence-corrected chi connectivity index (χ3v) is 5.39. The van der Waals surface area contributed by atoms with Crippen molar-refractivity contribution >= 4 is 16.9 Å². The smallest absolute Gasteiger partial charge is 0.374 e. The van der Waals surface area contributed by atoms with E-state index in [1.807, 2.05) is 31.2 Å². The van der Waals surface area contributed by atoms with Crippen LogP contribution < -0.4 is 4.90 Å². The van der Waals surface area contributed by atoms with E-state index in [4.69, 9.17) is 9.15 Å². The first kappa shape index (κ1) is 16.9. The Balaban J connectivity index is 1.71. The highest BCUT2D eigenvalue weighted by Gasteiger charge is 2.34. The average Bonchev–Trinajstić information content (AvgIpc) is 3.34. The maximum Gasteiger partial charge on any atom is 0.374 e. The van der Waals surface area contributed by atoms with Gasteiger partial charge in [-0.15, -0.1) is 0 Å². The minimum atomic E-state index is -0.368. The molecule has 5 nitrogen and oxygen atoms in total. The van der Waals surface area contributed by atoms with Gasteiger partial charge in [-0.3, -0.25) is 0 Å². The molecule has 0 aliphatic carbocycles. The maximum absolute atomic E-state index is 12.4. The van der Waals surface area contributed by atoms with Gasteiger partial charge < -0.3 is 18.6 Å². The number of furan rings is 1.